The summed E-state index contributed by atoms with van der Waals surface area (Å²) >= 11 is 0. The van der Waals surface area contributed by atoms with Crippen LogP contribution in [-0.4, -0.2) is 59.8 Å². The number of anilines is 1. The molecule has 150 valence electrons. The van der Waals surface area contributed by atoms with Crippen molar-refractivity contribution in [3.05, 3.63) is 60.7 Å². The van der Waals surface area contributed by atoms with Crippen LogP contribution in [0.1, 0.15) is 6.92 Å². The van der Waals surface area contributed by atoms with E-state index < -0.39 is 10.0 Å². The van der Waals surface area contributed by atoms with E-state index in [1.54, 1.807) is 6.92 Å². The predicted octanol–water partition coefficient (Wildman–Crippen LogP) is 2.68. The van der Waals surface area contributed by atoms with Crippen molar-refractivity contribution in [1.29, 1.82) is 0 Å². The van der Waals surface area contributed by atoms with Gasteiger partial charge in [0.1, 0.15) is 11.4 Å². The maximum Gasteiger partial charge on any atom is 0.246 e. The SMILES string of the molecule is CCS(=O)(=O)N1CCN(c2nnc(-c3ccccc3)c(-c3ccccc3)n2)CC1. The van der Waals surface area contributed by atoms with E-state index >= 15 is 0 Å². The second-order valence-electron chi connectivity index (χ2n) is 6.83. The molecule has 0 bridgehead atoms. The fourth-order valence-electron chi connectivity index (χ4n) is 3.39. The van der Waals surface area contributed by atoms with E-state index in [0.29, 0.717) is 32.1 Å². The van der Waals surface area contributed by atoms with Gasteiger partial charge in [-0.25, -0.2) is 13.4 Å². The quantitative estimate of drug-likeness (QED) is 0.645. The van der Waals surface area contributed by atoms with Gasteiger partial charge in [-0.3, -0.25) is 0 Å². The van der Waals surface area contributed by atoms with Gasteiger partial charge in [-0.1, -0.05) is 60.7 Å². The summed E-state index contributed by atoms with van der Waals surface area (Å²) in [4.78, 5) is 6.83. The van der Waals surface area contributed by atoms with E-state index in [-0.39, 0.29) is 5.75 Å². The summed E-state index contributed by atoms with van der Waals surface area (Å²) in [5.74, 6) is 0.645. The largest absolute Gasteiger partial charge is 0.337 e. The molecule has 0 N–H and O–H groups in total. The molecular weight excluding hydrogens is 386 g/mol. The molecule has 29 heavy (non-hydrogen) atoms. The van der Waals surface area contributed by atoms with Gasteiger partial charge in [0.2, 0.25) is 16.0 Å². The lowest BCUT2D eigenvalue weighted by Gasteiger charge is -2.33. The highest BCUT2D eigenvalue weighted by molar-refractivity contribution is 7.89. The van der Waals surface area contributed by atoms with Crippen LogP contribution in [0.2, 0.25) is 0 Å². The molecule has 1 aliphatic rings. The number of hydrogen-bond donors (Lipinski definition) is 0. The Labute approximate surface area is 171 Å². The molecule has 2 aromatic carbocycles. The van der Waals surface area contributed by atoms with Gasteiger partial charge in [0, 0.05) is 37.3 Å². The molecule has 0 amide bonds. The first-order chi connectivity index (χ1) is 14.1. The third kappa shape index (κ3) is 4.13. The minimum absolute atomic E-state index is 0.120. The molecule has 4 rings (SSSR count). The summed E-state index contributed by atoms with van der Waals surface area (Å²) < 4.78 is 25.7. The van der Waals surface area contributed by atoms with Gasteiger partial charge in [0.25, 0.3) is 0 Å². The molecule has 1 aromatic heterocycles. The van der Waals surface area contributed by atoms with Crippen LogP contribution < -0.4 is 4.90 Å². The average molecular weight is 410 g/mol. The number of hydrogen-bond acceptors (Lipinski definition) is 6. The van der Waals surface area contributed by atoms with Crippen molar-refractivity contribution in [3.8, 4) is 22.5 Å². The van der Waals surface area contributed by atoms with Gasteiger partial charge < -0.3 is 4.90 Å². The van der Waals surface area contributed by atoms with Crippen LogP contribution in [0, 0.1) is 0 Å². The highest BCUT2D eigenvalue weighted by Crippen LogP contribution is 2.29. The molecule has 1 saturated heterocycles. The lowest BCUT2D eigenvalue weighted by molar-refractivity contribution is 0.383. The number of nitrogens with zero attached hydrogens (tertiary/aromatic N) is 5. The van der Waals surface area contributed by atoms with Gasteiger partial charge in [-0.2, -0.15) is 4.31 Å². The van der Waals surface area contributed by atoms with Gasteiger partial charge in [0.15, 0.2) is 0 Å². The van der Waals surface area contributed by atoms with Crippen molar-refractivity contribution in [2.45, 2.75) is 6.92 Å². The Bertz CT molecular complexity index is 1070. The summed E-state index contributed by atoms with van der Waals surface area (Å²) in [5.41, 5.74) is 3.42. The number of sulfonamides is 1. The second-order valence-corrected chi connectivity index (χ2v) is 9.09. The molecule has 8 heteroatoms. The fourth-order valence-corrected chi connectivity index (χ4v) is 4.47. The Balaban J connectivity index is 1.67. The van der Waals surface area contributed by atoms with E-state index in [1.807, 2.05) is 65.6 Å². The molecule has 0 unspecified atom stereocenters. The predicted molar refractivity (Wildman–Crippen MR) is 114 cm³/mol. The molecule has 0 saturated carbocycles. The number of piperazine rings is 1. The first kappa shape index (κ1) is 19.5. The zero-order valence-corrected chi connectivity index (χ0v) is 17.1. The lowest BCUT2D eigenvalue weighted by Crippen LogP contribution is -2.49. The molecule has 0 radical (unpaired) electrons. The summed E-state index contributed by atoms with van der Waals surface area (Å²) in [6.07, 6.45) is 0. The zero-order chi connectivity index (χ0) is 20.3. The van der Waals surface area contributed by atoms with Crippen LogP contribution in [0.5, 0.6) is 0 Å². The number of benzene rings is 2. The van der Waals surface area contributed by atoms with Crippen LogP contribution in [0.4, 0.5) is 5.95 Å². The topological polar surface area (TPSA) is 79.3 Å². The Morgan fingerprint density at radius 2 is 1.34 bits per heavy atom. The highest BCUT2D eigenvalue weighted by atomic mass is 32.2. The average Bonchev–Trinajstić information content (AvgIpc) is 2.80. The maximum atomic E-state index is 12.1. The van der Waals surface area contributed by atoms with Crippen molar-refractivity contribution >= 4 is 16.0 Å². The normalized spacial score (nSPS) is 15.4. The molecule has 1 fully saturated rings. The monoisotopic (exact) mass is 409 g/mol. The standard InChI is InChI=1S/C21H23N5O2S/c1-2-29(27,28)26-15-13-25(14-16-26)21-22-19(17-9-5-3-6-10-17)20(23-24-21)18-11-7-4-8-12-18/h3-12H,2,13-16H2,1H3. The lowest BCUT2D eigenvalue weighted by atomic mass is 10.0. The fraction of sp³-hybridized carbons (Fsp3) is 0.286. The molecule has 1 aliphatic heterocycles. The van der Waals surface area contributed by atoms with Crippen LogP contribution >= 0.6 is 0 Å². The molecule has 3 aromatic rings. The molecule has 0 aliphatic carbocycles. The number of rotatable bonds is 5. The Morgan fingerprint density at radius 3 is 1.90 bits per heavy atom. The maximum absolute atomic E-state index is 12.1. The van der Waals surface area contributed by atoms with Crippen molar-refractivity contribution < 1.29 is 8.42 Å². The molecule has 2 heterocycles. The van der Waals surface area contributed by atoms with E-state index in [9.17, 15) is 8.42 Å². The summed E-state index contributed by atoms with van der Waals surface area (Å²) in [7, 11) is -3.17. The van der Waals surface area contributed by atoms with Crippen LogP contribution in [0.15, 0.2) is 60.7 Å². The Morgan fingerprint density at radius 1 is 0.793 bits per heavy atom. The summed E-state index contributed by atoms with van der Waals surface area (Å²) in [6, 6.07) is 19.8. The smallest absolute Gasteiger partial charge is 0.246 e. The van der Waals surface area contributed by atoms with Crippen molar-refractivity contribution in [2.75, 3.05) is 36.8 Å². The van der Waals surface area contributed by atoms with Crippen molar-refractivity contribution in [1.82, 2.24) is 19.5 Å². The van der Waals surface area contributed by atoms with Gasteiger partial charge >= 0.3 is 0 Å². The molecular formula is C21H23N5O2S. The Hall–Kier alpha value is -2.84. The van der Waals surface area contributed by atoms with E-state index in [2.05, 4.69) is 10.2 Å². The minimum Gasteiger partial charge on any atom is -0.337 e. The molecule has 7 nitrogen and oxygen atoms in total. The van der Waals surface area contributed by atoms with Crippen LogP contribution in [-0.2, 0) is 10.0 Å². The van der Waals surface area contributed by atoms with Gasteiger partial charge in [0.05, 0.1) is 5.75 Å². The minimum atomic E-state index is -3.17. The highest BCUT2D eigenvalue weighted by Gasteiger charge is 2.27. The Kier molecular flexibility index (Phi) is 5.55. The summed E-state index contributed by atoms with van der Waals surface area (Å²) in [6.45, 7) is 3.62. The van der Waals surface area contributed by atoms with E-state index in [1.165, 1.54) is 4.31 Å². The molecule has 0 spiro atoms. The van der Waals surface area contributed by atoms with Crippen molar-refractivity contribution in [2.24, 2.45) is 0 Å². The van der Waals surface area contributed by atoms with Crippen LogP contribution in [0.3, 0.4) is 0 Å². The first-order valence-corrected chi connectivity index (χ1v) is 11.3. The van der Waals surface area contributed by atoms with E-state index in [4.69, 9.17) is 4.98 Å². The van der Waals surface area contributed by atoms with Crippen molar-refractivity contribution in [3.63, 3.8) is 0 Å². The zero-order valence-electron chi connectivity index (χ0n) is 16.3. The third-order valence-corrected chi connectivity index (χ3v) is 6.93. The van der Waals surface area contributed by atoms with Gasteiger partial charge in [-0.05, 0) is 6.92 Å². The second kappa shape index (κ2) is 8.26. The molecule has 0 atom stereocenters. The third-order valence-electron chi connectivity index (χ3n) is 5.05. The van der Waals surface area contributed by atoms with Gasteiger partial charge in [-0.15, -0.1) is 10.2 Å². The van der Waals surface area contributed by atoms with E-state index in [0.717, 1.165) is 22.5 Å². The first-order valence-electron chi connectivity index (χ1n) is 9.67. The van der Waals surface area contributed by atoms with Crippen LogP contribution in [0.25, 0.3) is 22.5 Å². The summed E-state index contributed by atoms with van der Waals surface area (Å²) in [5, 5.41) is 8.87. The number of aromatic nitrogens is 3.